The summed E-state index contributed by atoms with van der Waals surface area (Å²) in [6.07, 6.45) is 0.897. The van der Waals surface area contributed by atoms with E-state index in [0.29, 0.717) is 51.7 Å². The lowest BCUT2D eigenvalue weighted by molar-refractivity contribution is -0.145. The van der Waals surface area contributed by atoms with E-state index in [1.165, 1.54) is 55.5 Å². The van der Waals surface area contributed by atoms with Gasteiger partial charge in [-0.05, 0) is 133 Å². The van der Waals surface area contributed by atoms with Crippen molar-refractivity contribution in [1.82, 2.24) is 92.0 Å². The van der Waals surface area contributed by atoms with Gasteiger partial charge in [0, 0.05) is 117 Å². The van der Waals surface area contributed by atoms with Crippen LogP contribution in [0.15, 0.2) is 38.0 Å². The minimum Gasteiger partial charge on any atom is -0.346 e. The maximum atomic E-state index is 14.3. The van der Waals surface area contributed by atoms with Gasteiger partial charge in [0.25, 0.3) is 17.7 Å². The van der Waals surface area contributed by atoms with Crippen LogP contribution >= 0.6 is 0 Å². The van der Waals surface area contributed by atoms with E-state index in [1.807, 2.05) is 62.3 Å². The van der Waals surface area contributed by atoms with E-state index in [4.69, 9.17) is 0 Å². The summed E-state index contributed by atoms with van der Waals surface area (Å²) in [5, 5.41) is 30.8. The Bertz CT molecular complexity index is 4810. The van der Waals surface area contributed by atoms with Crippen LogP contribution in [0.4, 0.5) is 40.7 Å². The Kier molecular flexibility index (Phi) is 44.5. The van der Waals surface area contributed by atoms with Crippen molar-refractivity contribution in [1.29, 1.82) is 0 Å². The van der Waals surface area contributed by atoms with E-state index in [1.54, 1.807) is 67.2 Å². The van der Waals surface area contributed by atoms with E-state index in [2.05, 4.69) is 83.5 Å². The summed E-state index contributed by atoms with van der Waals surface area (Å²) < 4.78 is 133. The molecule has 5 saturated heterocycles. The molecule has 0 bridgehead atoms. The van der Waals surface area contributed by atoms with Crippen LogP contribution in [0.5, 0.6) is 0 Å². The zero-order chi connectivity index (χ0) is 109. The Morgan fingerprint density at radius 2 is 0.722 bits per heavy atom. The molecule has 3 saturated carbocycles. The summed E-state index contributed by atoms with van der Waals surface area (Å²) in [6.45, 7) is 46.4. The number of urea groups is 3. The van der Waals surface area contributed by atoms with Gasteiger partial charge in [-0.25, -0.2) is 61.9 Å². The van der Waals surface area contributed by atoms with Crippen molar-refractivity contribution in [2.45, 2.75) is 326 Å². The number of hydrogen-bond acceptors (Lipinski definition) is 20. The SMILES string of the molecule is C=CCNC(=O)C(=O)[C@H](CC(F)F)NC(=O)[C@@H]1[C@H]2CCC[C@H]2CN1C(=O)[C@@H](NC(=O)N[C@H](CN(C)S(=O)(=O)CC)C(C)(C)C)C(C)(C)C.C=CCNC(=O)C(=O)[C@H](CC(F)F)NC(=O)[C@@H]1[C@H]2CCC[C@H]2CN1C(=O)[C@@H](NC(=O)N[C@H](CN1CCCCC1=O)C(C)(C)C)C(C)(C)C.C=CCNC(=O)C(=O)[C@H](CC(F)F)NC(=O)[C@@H]1[C@H]2CCC[C@H]2CN1C(=O)[C@@H](NC(=O)N[C@H](CN1CCCS1(=O)=O)C(C)(C)C)C(C)(C)C. The van der Waals surface area contributed by atoms with Crippen LogP contribution in [0, 0.1) is 68.0 Å². The van der Waals surface area contributed by atoms with Gasteiger partial charge in [0.1, 0.15) is 54.4 Å². The molecular formula is C98H160F6N18O20S2. The van der Waals surface area contributed by atoms with Crippen LogP contribution in [0.1, 0.15) is 234 Å². The summed E-state index contributed by atoms with van der Waals surface area (Å²) in [5.41, 5.74) is -4.03. The highest BCUT2D eigenvalue weighted by Gasteiger charge is 2.57. The van der Waals surface area contributed by atoms with Gasteiger partial charge in [0.2, 0.25) is 98.0 Å². The van der Waals surface area contributed by atoms with Crippen molar-refractivity contribution in [3.63, 3.8) is 0 Å². The maximum absolute atomic E-state index is 14.3. The van der Waals surface area contributed by atoms with E-state index in [-0.39, 0.29) is 105 Å². The number of piperidine rings is 1. The first-order chi connectivity index (χ1) is 66.6. The van der Waals surface area contributed by atoms with Gasteiger partial charge >= 0.3 is 18.1 Å². The molecule has 0 aromatic rings. The molecule has 5 aliphatic heterocycles. The Balaban J connectivity index is 0.000000330. The van der Waals surface area contributed by atoms with Crippen LogP contribution in [0.3, 0.4) is 0 Å². The Labute approximate surface area is 844 Å². The lowest BCUT2D eigenvalue weighted by atomic mass is 9.85. The topological polar surface area (TPSA) is 505 Å². The van der Waals surface area contributed by atoms with Gasteiger partial charge in [-0.3, -0.25) is 62.3 Å². The second-order valence-corrected chi connectivity index (χ2v) is 50.0. The first-order valence-corrected chi connectivity index (χ1v) is 53.1. The third-order valence-electron chi connectivity index (χ3n) is 28.3. The molecule has 0 radical (unpaired) electrons. The molecule has 0 unspecified atom stereocenters. The molecular weight excluding hydrogens is 1930 g/mol. The van der Waals surface area contributed by atoms with Gasteiger partial charge < -0.3 is 83.4 Å². The first-order valence-electron chi connectivity index (χ1n) is 49.9. The molecule has 5 heterocycles. The van der Waals surface area contributed by atoms with Crippen LogP contribution in [0.25, 0.3) is 0 Å². The summed E-state index contributed by atoms with van der Waals surface area (Å²) in [5.74, 6) is -12.2. The predicted octanol–water partition coefficient (Wildman–Crippen LogP) is 6.59. The summed E-state index contributed by atoms with van der Waals surface area (Å²) in [7, 11) is -5.53. The van der Waals surface area contributed by atoms with Gasteiger partial charge in [-0.15, -0.1) is 19.7 Å². The minimum absolute atomic E-state index is 0.0108. The van der Waals surface area contributed by atoms with Crippen molar-refractivity contribution in [3.05, 3.63) is 38.0 Å². The van der Waals surface area contributed by atoms with Crippen LogP contribution in [-0.2, 0) is 82.4 Å². The number of fused-ring (bicyclic) bond motifs is 3. The van der Waals surface area contributed by atoms with E-state index < -0.39 is 252 Å². The average Bonchev–Trinajstić information content (AvgIpc) is 1.62. The highest BCUT2D eigenvalue weighted by Crippen LogP contribution is 2.47. The fraction of sp³-hybridized carbons (Fsp3) is 0.776. The largest absolute Gasteiger partial charge is 0.346 e. The summed E-state index contributed by atoms with van der Waals surface area (Å²) in [6, 6.07) is -15.7. The number of likely N-dealkylation sites (N-methyl/N-ethyl adjacent to an activating group) is 1. The number of Topliss-reactive ketones (excluding diaryl/α,β-unsaturated/α-hetero) is 3. The molecule has 0 aromatic heterocycles. The number of carbonyl (C=O) groups excluding carboxylic acids is 16. The molecule has 0 aromatic carbocycles. The lowest BCUT2D eigenvalue weighted by Crippen LogP contribution is -2.62. The van der Waals surface area contributed by atoms with Gasteiger partial charge in [0.15, 0.2) is 0 Å². The number of nitrogens with one attached hydrogen (secondary N) is 12. The number of hydrogen-bond donors (Lipinski definition) is 12. The molecule has 38 nitrogen and oxygen atoms in total. The molecule has 8 rings (SSSR count). The van der Waals surface area contributed by atoms with Crippen molar-refractivity contribution in [2.24, 2.45) is 68.0 Å². The number of alkyl halides is 6. The number of ketones is 3. The molecule has 816 valence electrons. The monoisotopic (exact) mass is 2090 g/mol. The molecule has 16 amide bonds. The first kappa shape index (κ1) is 123. The van der Waals surface area contributed by atoms with Crippen molar-refractivity contribution >= 4 is 115 Å². The number of rotatable bonds is 41. The molecule has 144 heavy (non-hydrogen) atoms. The molecule has 12 N–H and O–H groups in total. The summed E-state index contributed by atoms with van der Waals surface area (Å²) in [4.78, 5) is 218. The molecule has 8 fully saturated rings. The number of likely N-dealkylation sites (tertiary alicyclic amines) is 4. The Morgan fingerprint density at radius 1 is 0.417 bits per heavy atom. The van der Waals surface area contributed by atoms with Crippen molar-refractivity contribution < 1.29 is 120 Å². The third-order valence-corrected chi connectivity index (χ3v) is 32.0. The average molecular weight is 2090 g/mol. The standard InChI is InChI=1S/C34H54F2N6O6.C32H52F2N6O7S.C32H54F2N6O7S/c1-8-15-37-30(46)27(44)22(17-24(35)36)38-29(45)26-21-13-11-12-20(21)18-42(26)31(47)28(34(5,6)7)40-32(48)39-23(33(2,3)4)19-41-16-10-9-14-25(41)43;1-8-13-35-28(43)25(41)21(16-23(33)34)36-27(42)24-20-12-9-11-19(20)17-40(24)29(44)26(32(5,6)7)38-30(45)37-22(31(2,3)4)18-39-14-10-15-48(39,46)47;1-10-15-35-28(43)25(41)21(16-23(33)34)36-27(42)24-20-14-12-13-19(20)17-40(24)29(44)26(32(6,7)8)38-30(45)37-22(31(3,4)5)18-39(9)48(46,47)11-2/h8,20-24,26,28H,1,9-19H2,2-7H3,(H,37,46)(H,38,45)(H2,39,40,48);8,19-24,26H,1,9-18H2,2-7H3,(H,35,43)(H,36,42)(H2,37,38,45);10,19-24,26H,1,11-18H2,2-9H3,(H,35,43)(H,36,42)(H2,37,38,45)/t20-,21-,22-,23+,26-,28+;2*19-,20-,21-,22+,24-,26+/m000/s1. The van der Waals surface area contributed by atoms with Crippen molar-refractivity contribution in [3.8, 4) is 0 Å². The lowest BCUT2D eigenvalue weighted by Gasteiger charge is -2.39. The normalized spacial score (nSPS) is 23.1. The Hall–Kier alpha value is -9.86. The highest BCUT2D eigenvalue weighted by molar-refractivity contribution is 7.89. The van der Waals surface area contributed by atoms with Gasteiger partial charge in [0.05, 0.1) is 17.5 Å². The fourth-order valence-electron chi connectivity index (χ4n) is 19.8. The number of amides is 16. The molecule has 3 aliphatic carbocycles. The smallest absolute Gasteiger partial charge is 0.315 e. The number of nitrogens with zero attached hydrogens (tertiary/aromatic N) is 6. The number of halogens is 6. The van der Waals surface area contributed by atoms with Gasteiger partial charge in [-0.2, -0.15) is 4.31 Å². The third kappa shape index (κ3) is 34.4. The quantitative estimate of drug-likeness (QED) is 0.0174. The fourth-order valence-corrected chi connectivity index (χ4v) is 22.2. The molecule has 8 aliphatic rings. The highest BCUT2D eigenvalue weighted by atomic mass is 32.2. The molecule has 18 atom stereocenters. The minimum atomic E-state index is -3.54. The predicted molar refractivity (Wildman–Crippen MR) is 528 cm³/mol. The number of sulfonamides is 2. The van der Waals surface area contributed by atoms with E-state index >= 15 is 0 Å². The zero-order valence-electron chi connectivity index (χ0n) is 87.4. The van der Waals surface area contributed by atoms with Crippen LogP contribution in [0.2, 0.25) is 0 Å². The van der Waals surface area contributed by atoms with Crippen molar-refractivity contribution in [2.75, 3.05) is 90.5 Å². The van der Waals surface area contributed by atoms with Crippen LogP contribution < -0.4 is 63.8 Å². The van der Waals surface area contributed by atoms with Gasteiger partial charge in [-0.1, -0.05) is 162 Å². The second-order valence-electron chi connectivity index (χ2n) is 45.5. The molecule has 46 heteroatoms. The second kappa shape index (κ2) is 52.1. The summed E-state index contributed by atoms with van der Waals surface area (Å²) >= 11 is 0. The molecule has 0 spiro atoms. The van der Waals surface area contributed by atoms with Crippen LogP contribution in [-0.4, -0.2) is 322 Å². The zero-order valence-corrected chi connectivity index (χ0v) is 89.0. The van der Waals surface area contributed by atoms with E-state index in [0.717, 1.165) is 51.4 Å². The Morgan fingerprint density at radius 3 is 0.986 bits per heavy atom. The number of carbonyl (C=O) groups is 16. The van der Waals surface area contributed by atoms with E-state index in [9.17, 15) is 120 Å². The maximum Gasteiger partial charge on any atom is 0.315 e.